The first-order chi connectivity index (χ1) is 8.24. The monoisotopic (exact) mass is 362 g/mol. The fourth-order valence-electron chi connectivity index (χ4n) is 1.21. The van der Waals surface area contributed by atoms with Crippen molar-refractivity contribution >= 4 is 28.5 Å². The highest BCUT2D eigenvalue weighted by atomic mass is 127. The maximum atomic E-state index is 11.9. The second kappa shape index (κ2) is 5.88. The Bertz CT molecular complexity index is 445. The van der Waals surface area contributed by atoms with Crippen LogP contribution < -0.4 is 5.32 Å². The van der Waals surface area contributed by atoms with Crippen molar-refractivity contribution in [3.63, 3.8) is 0 Å². The number of phenolic OH excluding ortho intramolecular Hbond substituents is 1. The largest absolute Gasteiger partial charge is 0.507 e. The van der Waals surface area contributed by atoms with Gasteiger partial charge in [-0.05, 0) is 68.7 Å². The summed E-state index contributed by atoms with van der Waals surface area (Å²) in [7, 11) is 3.95. The van der Waals surface area contributed by atoms with Gasteiger partial charge in [0.25, 0.3) is 5.91 Å². The second-order valence-corrected chi connectivity index (χ2v) is 6.22. The summed E-state index contributed by atoms with van der Waals surface area (Å²) in [5, 5.41) is 12.4. The first-order valence-electron chi connectivity index (χ1n) is 5.68. The molecule has 0 aromatic heterocycles. The van der Waals surface area contributed by atoms with E-state index in [1.54, 1.807) is 12.1 Å². The lowest BCUT2D eigenvalue weighted by atomic mass is 10.0. The van der Waals surface area contributed by atoms with Crippen LogP contribution in [0.25, 0.3) is 0 Å². The Hall–Kier alpha value is -0.820. The summed E-state index contributed by atoms with van der Waals surface area (Å²) >= 11 is 2.02. The molecular formula is C13H19IN2O2. The Balaban J connectivity index is 2.69. The summed E-state index contributed by atoms with van der Waals surface area (Å²) in [4.78, 5) is 14.0. The van der Waals surface area contributed by atoms with E-state index >= 15 is 0 Å². The van der Waals surface area contributed by atoms with Crippen molar-refractivity contribution in [1.82, 2.24) is 10.2 Å². The summed E-state index contributed by atoms with van der Waals surface area (Å²) in [5.74, 6) is -0.0354. The fraction of sp³-hybridized carbons (Fsp3) is 0.462. The van der Waals surface area contributed by atoms with E-state index in [1.807, 2.05) is 36.7 Å². The van der Waals surface area contributed by atoms with Gasteiger partial charge in [0.1, 0.15) is 5.75 Å². The molecular weight excluding hydrogens is 343 g/mol. The number of hydrogen-bond donors (Lipinski definition) is 2. The molecule has 18 heavy (non-hydrogen) atoms. The van der Waals surface area contributed by atoms with Crippen LogP contribution in [0.3, 0.4) is 0 Å². The molecule has 4 nitrogen and oxygen atoms in total. The average Bonchev–Trinajstić information content (AvgIpc) is 2.29. The topological polar surface area (TPSA) is 52.6 Å². The van der Waals surface area contributed by atoms with Crippen LogP contribution in [0, 0.1) is 3.57 Å². The zero-order chi connectivity index (χ0) is 13.9. The number of nitrogens with zero attached hydrogens (tertiary/aromatic N) is 1. The van der Waals surface area contributed by atoms with Crippen LogP contribution >= 0.6 is 22.6 Å². The second-order valence-electron chi connectivity index (χ2n) is 5.06. The van der Waals surface area contributed by atoms with E-state index < -0.39 is 0 Å². The first-order valence-corrected chi connectivity index (χ1v) is 6.76. The quantitative estimate of drug-likeness (QED) is 0.807. The lowest BCUT2D eigenvalue weighted by Gasteiger charge is -2.32. The fourth-order valence-corrected chi connectivity index (χ4v) is 1.55. The van der Waals surface area contributed by atoms with E-state index in [0.29, 0.717) is 12.1 Å². The molecule has 0 saturated carbocycles. The predicted octanol–water partition coefficient (Wildman–Crippen LogP) is 2.07. The number of phenols is 1. The molecule has 5 heteroatoms. The number of benzene rings is 1. The van der Waals surface area contributed by atoms with Crippen molar-refractivity contribution in [2.24, 2.45) is 0 Å². The van der Waals surface area contributed by atoms with Crippen LogP contribution in [0.4, 0.5) is 0 Å². The van der Waals surface area contributed by atoms with Crippen LogP contribution in [0.5, 0.6) is 5.75 Å². The molecule has 0 spiro atoms. The molecule has 2 N–H and O–H groups in total. The molecule has 0 heterocycles. The molecule has 0 aliphatic carbocycles. The van der Waals surface area contributed by atoms with Crippen LogP contribution in [-0.2, 0) is 0 Å². The molecule has 0 fully saturated rings. The number of amides is 1. The molecule has 0 aliphatic heterocycles. The lowest BCUT2D eigenvalue weighted by molar-refractivity contribution is 0.0919. The minimum Gasteiger partial charge on any atom is -0.507 e. The van der Waals surface area contributed by atoms with Crippen LogP contribution in [-0.4, -0.2) is 42.1 Å². The normalized spacial score (nSPS) is 11.7. The van der Waals surface area contributed by atoms with Gasteiger partial charge in [0.05, 0.1) is 3.57 Å². The smallest absolute Gasteiger partial charge is 0.251 e. The minimum atomic E-state index is -0.170. The molecule has 1 aromatic carbocycles. The van der Waals surface area contributed by atoms with E-state index in [4.69, 9.17) is 0 Å². The Morgan fingerprint density at radius 3 is 2.56 bits per heavy atom. The number of aromatic hydroxyl groups is 1. The molecule has 0 saturated heterocycles. The third kappa shape index (κ3) is 3.84. The molecule has 0 aliphatic rings. The number of nitrogens with one attached hydrogen (secondary N) is 1. The van der Waals surface area contributed by atoms with Crippen molar-refractivity contribution in [3.05, 3.63) is 27.3 Å². The Morgan fingerprint density at radius 2 is 2.06 bits per heavy atom. The molecule has 1 aromatic rings. The number of hydrogen-bond acceptors (Lipinski definition) is 3. The first kappa shape index (κ1) is 15.2. The molecule has 100 valence electrons. The number of likely N-dealkylation sites (N-methyl/N-ethyl adjacent to an activating group) is 1. The highest BCUT2D eigenvalue weighted by Crippen LogP contribution is 2.20. The standard InChI is InChI=1S/C13H19IN2O2/c1-13(2,16(3)4)8-15-12(18)9-5-6-10(14)11(17)7-9/h5-7,17H,8H2,1-4H3,(H,15,18). The Labute approximate surface area is 122 Å². The van der Waals surface area contributed by atoms with E-state index in [0.717, 1.165) is 3.57 Å². The number of carbonyl (C=O) groups is 1. The van der Waals surface area contributed by atoms with Crippen molar-refractivity contribution in [1.29, 1.82) is 0 Å². The van der Waals surface area contributed by atoms with Gasteiger partial charge in [-0.3, -0.25) is 4.79 Å². The van der Waals surface area contributed by atoms with Crippen molar-refractivity contribution in [3.8, 4) is 5.75 Å². The third-order valence-corrected chi connectivity index (χ3v) is 4.01. The van der Waals surface area contributed by atoms with Gasteiger partial charge in [-0.1, -0.05) is 0 Å². The van der Waals surface area contributed by atoms with Gasteiger partial charge in [-0.15, -0.1) is 0 Å². The third-order valence-electron chi connectivity index (χ3n) is 3.10. The van der Waals surface area contributed by atoms with Crippen LogP contribution in [0.2, 0.25) is 0 Å². The number of carbonyl (C=O) groups excluding carboxylic acids is 1. The Morgan fingerprint density at radius 1 is 1.44 bits per heavy atom. The van der Waals surface area contributed by atoms with E-state index in [2.05, 4.69) is 24.1 Å². The highest BCUT2D eigenvalue weighted by Gasteiger charge is 2.21. The number of halogens is 1. The van der Waals surface area contributed by atoms with Gasteiger partial charge in [0.2, 0.25) is 0 Å². The maximum absolute atomic E-state index is 11.9. The Kier molecular flexibility index (Phi) is 4.98. The van der Waals surface area contributed by atoms with E-state index in [-0.39, 0.29) is 17.2 Å². The minimum absolute atomic E-state index is 0.110. The predicted molar refractivity (Wildman–Crippen MR) is 80.9 cm³/mol. The van der Waals surface area contributed by atoms with Gasteiger partial charge in [0.15, 0.2) is 0 Å². The summed E-state index contributed by atoms with van der Waals surface area (Å²) in [6, 6.07) is 4.92. The molecule has 0 unspecified atom stereocenters. The highest BCUT2D eigenvalue weighted by molar-refractivity contribution is 14.1. The molecule has 0 atom stereocenters. The maximum Gasteiger partial charge on any atom is 0.251 e. The zero-order valence-electron chi connectivity index (χ0n) is 11.1. The van der Waals surface area contributed by atoms with Gasteiger partial charge in [-0.25, -0.2) is 0 Å². The van der Waals surface area contributed by atoms with Gasteiger partial charge in [-0.2, -0.15) is 0 Å². The summed E-state index contributed by atoms with van der Waals surface area (Å²) in [6.07, 6.45) is 0. The zero-order valence-corrected chi connectivity index (χ0v) is 13.3. The summed E-state index contributed by atoms with van der Waals surface area (Å²) in [6.45, 7) is 4.66. The SMILES string of the molecule is CN(C)C(C)(C)CNC(=O)c1ccc(I)c(O)c1. The molecule has 0 radical (unpaired) electrons. The van der Waals surface area contributed by atoms with E-state index in [9.17, 15) is 9.90 Å². The summed E-state index contributed by atoms with van der Waals surface area (Å²) < 4.78 is 0.734. The average molecular weight is 362 g/mol. The van der Waals surface area contributed by atoms with Crippen molar-refractivity contribution in [2.75, 3.05) is 20.6 Å². The van der Waals surface area contributed by atoms with E-state index in [1.165, 1.54) is 6.07 Å². The molecule has 0 bridgehead atoms. The van der Waals surface area contributed by atoms with Crippen molar-refractivity contribution in [2.45, 2.75) is 19.4 Å². The van der Waals surface area contributed by atoms with Gasteiger partial charge in [0, 0.05) is 17.6 Å². The van der Waals surface area contributed by atoms with Crippen LogP contribution in [0.1, 0.15) is 24.2 Å². The lowest BCUT2D eigenvalue weighted by Crippen LogP contribution is -2.48. The summed E-state index contributed by atoms with van der Waals surface area (Å²) in [5.41, 5.74) is 0.364. The van der Waals surface area contributed by atoms with Gasteiger partial charge < -0.3 is 15.3 Å². The number of rotatable bonds is 4. The van der Waals surface area contributed by atoms with Crippen LogP contribution in [0.15, 0.2) is 18.2 Å². The van der Waals surface area contributed by atoms with Crippen molar-refractivity contribution < 1.29 is 9.90 Å². The molecule has 1 amide bonds. The van der Waals surface area contributed by atoms with Gasteiger partial charge >= 0.3 is 0 Å². The molecule has 1 rings (SSSR count).